The van der Waals surface area contributed by atoms with Crippen LogP contribution in [0.5, 0.6) is 11.5 Å². The van der Waals surface area contributed by atoms with Gasteiger partial charge in [-0.15, -0.1) is 0 Å². The second-order valence-corrected chi connectivity index (χ2v) is 12.9. The summed E-state index contributed by atoms with van der Waals surface area (Å²) in [6.45, 7) is 10.1. The van der Waals surface area contributed by atoms with E-state index in [0.717, 1.165) is 74.3 Å². The van der Waals surface area contributed by atoms with Crippen molar-refractivity contribution in [3.8, 4) is 11.5 Å². The summed E-state index contributed by atoms with van der Waals surface area (Å²) in [4.78, 5) is 24.0. The Balaban J connectivity index is 1.18. The van der Waals surface area contributed by atoms with Gasteiger partial charge in [-0.2, -0.15) is 13.2 Å². The van der Waals surface area contributed by atoms with Crippen LogP contribution in [0.4, 0.5) is 18.9 Å². The Kier molecular flexibility index (Phi) is 8.11. The van der Waals surface area contributed by atoms with E-state index in [2.05, 4.69) is 33.6 Å². The molecule has 3 heterocycles. The average molecular weight is 619 g/mol. The summed E-state index contributed by atoms with van der Waals surface area (Å²) in [6, 6.07) is 13.0. The maximum atomic E-state index is 13.4. The summed E-state index contributed by atoms with van der Waals surface area (Å²) in [7, 11) is 0. The van der Waals surface area contributed by atoms with Crippen molar-refractivity contribution in [2.45, 2.75) is 46.2 Å². The molecule has 0 amide bonds. The maximum Gasteiger partial charge on any atom is 0.416 e. The molecule has 6 rings (SSSR count). The molecule has 2 aromatic heterocycles. The largest absolute Gasteiger partial charge is 0.478 e. The number of carbonyl (C=O) groups is 1. The number of ether oxygens (including phenoxy) is 1. The number of anilines is 1. The number of aromatic nitrogens is 2. The standard InChI is InChI=1S/C35H37F3N4O3/c1-22-16-25(35(36,37)38)4-6-28(22)30-19-34(2,3)10-8-24(30)21-41-12-14-42(15-13-41)26-5-7-29(33(43)44)31(18-26)45-27-17-23-9-11-39-32(23)40-20-27/h4-7,9,11,16-18,20H,8,10,12-15,19,21H2,1-3H3,(H,39,40)(H,43,44). The number of hydrogen-bond donors (Lipinski definition) is 2. The molecule has 45 heavy (non-hydrogen) atoms. The SMILES string of the molecule is Cc1cc(C(F)(F)F)ccc1C1=C(CN2CCN(c3ccc(C(=O)O)c(Oc4cnc5[nH]ccc5c4)c3)CC2)CCC(C)(C)C1. The number of rotatable bonds is 7. The van der Waals surface area contributed by atoms with Gasteiger partial charge in [0.15, 0.2) is 0 Å². The van der Waals surface area contributed by atoms with Gasteiger partial charge in [-0.3, -0.25) is 4.90 Å². The Morgan fingerprint density at radius 2 is 1.84 bits per heavy atom. The summed E-state index contributed by atoms with van der Waals surface area (Å²) in [5, 5.41) is 10.7. The number of alkyl halides is 3. The molecule has 2 N–H and O–H groups in total. The monoisotopic (exact) mass is 618 g/mol. The van der Waals surface area contributed by atoms with Crippen LogP contribution >= 0.6 is 0 Å². The minimum atomic E-state index is -4.36. The molecule has 7 nitrogen and oxygen atoms in total. The number of aromatic amines is 1. The highest BCUT2D eigenvalue weighted by molar-refractivity contribution is 5.92. The Morgan fingerprint density at radius 1 is 1.07 bits per heavy atom. The van der Waals surface area contributed by atoms with Crippen LogP contribution in [-0.2, 0) is 6.18 Å². The lowest BCUT2D eigenvalue weighted by Gasteiger charge is -2.39. The van der Waals surface area contributed by atoms with Gasteiger partial charge in [0.05, 0.1) is 11.8 Å². The number of fused-ring (bicyclic) bond motifs is 1. The topological polar surface area (TPSA) is 81.7 Å². The molecular weight excluding hydrogens is 581 g/mol. The molecule has 0 saturated carbocycles. The second-order valence-electron chi connectivity index (χ2n) is 12.9. The number of benzene rings is 2. The number of nitrogens with one attached hydrogen (secondary N) is 1. The van der Waals surface area contributed by atoms with E-state index in [1.807, 2.05) is 18.2 Å². The number of nitrogens with zero attached hydrogens (tertiary/aromatic N) is 3. The van der Waals surface area contributed by atoms with E-state index in [-0.39, 0.29) is 16.7 Å². The van der Waals surface area contributed by atoms with Crippen LogP contribution in [0.1, 0.15) is 60.2 Å². The molecule has 0 bridgehead atoms. The summed E-state index contributed by atoms with van der Waals surface area (Å²) in [5.74, 6) is -0.361. The van der Waals surface area contributed by atoms with E-state index in [9.17, 15) is 23.1 Å². The number of piperazine rings is 1. The Hall–Kier alpha value is -4.31. The molecule has 0 spiro atoms. The molecule has 1 aliphatic carbocycles. The fraction of sp³-hybridized carbons (Fsp3) is 0.371. The predicted octanol–water partition coefficient (Wildman–Crippen LogP) is 8.17. The highest BCUT2D eigenvalue weighted by Crippen LogP contribution is 2.45. The summed E-state index contributed by atoms with van der Waals surface area (Å²) < 4.78 is 46.1. The van der Waals surface area contributed by atoms with Gasteiger partial charge >= 0.3 is 12.1 Å². The van der Waals surface area contributed by atoms with Crippen molar-refractivity contribution < 1.29 is 27.8 Å². The first-order valence-corrected chi connectivity index (χ1v) is 15.2. The van der Waals surface area contributed by atoms with E-state index in [4.69, 9.17) is 4.74 Å². The van der Waals surface area contributed by atoms with Crippen molar-refractivity contribution >= 4 is 28.3 Å². The number of aromatic carboxylic acids is 1. The molecule has 0 unspecified atom stereocenters. The quantitative estimate of drug-likeness (QED) is 0.218. The predicted molar refractivity (Wildman–Crippen MR) is 169 cm³/mol. The van der Waals surface area contributed by atoms with Crippen LogP contribution in [0.3, 0.4) is 0 Å². The van der Waals surface area contributed by atoms with Gasteiger partial charge in [-0.25, -0.2) is 9.78 Å². The first-order chi connectivity index (χ1) is 21.4. The average Bonchev–Trinajstić information content (AvgIpc) is 3.46. The van der Waals surface area contributed by atoms with E-state index < -0.39 is 17.7 Å². The van der Waals surface area contributed by atoms with Gasteiger partial charge in [-0.1, -0.05) is 25.5 Å². The smallest absolute Gasteiger partial charge is 0.416 e. The van der Waals surface area contributed by atoms with Gasteiger partial charge in [-0.05, 0) is 84.7 Å². The molecular formula is C35H37F3N4O3. The second kappa shape index (κ2) is 11.9. The lowest BCUT2D eigenvalue weighted by Crippen LogP contribution is -2.47. The van der Waals surface area contributed by atoms with Crippen molar-refractivity contribution in [2.24, 2.45) is 5.41 Å². The van der Waals surface area contributed by atoms with Crippen LogP contribution in [0.25, 0.3) is 16.6 Å². The minimum Gasteiger partial charge on any atom is -0.478 e. The fourth-order valence-corrected chi connectivity index (χ4v) is 6.48. The third kappa shape index (κ3) is 6.71. The summed E-state index contributed by atoms with van der Waals surface area (Å²) >= 11 is 0. The zero-order valence-corrected chi connectivity index (χ0v) is 25.7. The molecule has 1 saturated heterocycles. The highest BCUT2D eigenvalue weighted by atomic mass is 19.4. The number of pyridine rings is 1. The molecule has 0 atom stereocenters. The van der Waals surface area contributed by atoms with Crippen molar-refractivity contribution in [1.82, 2.24) is 14.9 Å². The Labute approximate surface area is 260 Å². The van der Waals surface area contributed by atoms with Crippen molar-refractivity contribution in [3.63, 3.8) is 0 Å². The molecule has 1 fully saturated rings. The van der Waals surface area contributed by atoms with Gasteiger partial charge in [0, 0.05) is 56.1 Å². The fourth-order valence-electron chi connectivity index (χ4n) is 6.48. The van der Waals surface area contributed by atoms with Crippen molar-refractivity contribution in [2.75, 3.05) is 37.6 Å². The number of H-pyrrole nitrogens is 1. The lowest BCUT2D eigenvalue weighted by atomic mass is 9.72. The van der Waals surface area contributed by atoms with Gasteiger partial charge in [0.1, 0.15) is 22.7 Å². The Morgan fingerprint density at radius 3 is 2.56 bits per heavy atom. The van der Waals surface area contributed by atoms with Gasteiger partial charge in [0.2, 0.25) is 0 Å². The minimum absolute atomic E-state index is 0.0739. The maximum absolute atomic E-state index is 13.4. The normalized spacial score (nSPS) is 17.6. The zero-order valence-electron chi connectivity index (χ0n) is 25.7. The molecule has 10 heteroatoms. The number of halogens is 3. The number of carboxylic acids is 1. The third-order valence-corrected chi connectivity index (χ3v) is 9.01. The van der Waals surface area contributed by atoms with E-state index in [1.54, 1.807) is 37.5 Å². The third-order valence-electron chi connectivity index (χ3n) is 9.01. The number of hydrogen-bond acceptors (Lipinski definition) is 5. The van der Waals surface area contributed by atoms with Gasteiger partial charge in [0.25, 0.3) is 0 Å². The molecule has 1 aliphatic heterocycles. The molecule has 2 aliphatic rings. The molecule has 2 aromatic carbocycles. The van der Waals surface area contributed by atoms with Crippen LogP contribution < -0.4 is 9.64 Å². The van der Waals surface area contributed by atoms with Crippen LogP contribution in [0.2, 0.25) is 0 Å². The van der Waals surface area contributed by atoms with Crippen LogP contribution in [-0.4, -0.2) is 58.7 Å². The molecule has 0 radical (unpaired) electrons. The number of allylic oxidation sites excluding steroid dienone is 1. The number of carboxylic acid groups (broad SMARTS) is 1. The summed E-state index contributed by atoms with van der Waals surface area (Å²) in [5.41, 5.74) is 5.21. The lowest BCUT2D eigenvalue weighted by molar-refractivity contribution is -0.137. The highest BCUT2D eigenvalue weighted by Gasteiger charge is 2.33. The molecule has 236 valence electrons. The van der Waals surface area contributed by atoms with E-state index in [0.29, 0.717) is 11.3 Å². The molecule has 4 aromatic rings. The summed E-state index contributed by atoms with van der Waals surface area (Å²) in [6.07, 6.45) is 1.78. The van der Waals surface area contributed by atoms with Crippen molar-refractivity contribution in [1.29, 1.82) is 0 Å². The van der Waals surface area contributed by atoms with Crippen LogP contribution in [0, 0.1) is 12.3 Å². The Bertz CT molecular complexity index is 1770. The zero-order chi connectivity index (χ0) is 31.9. The first-order valence-electron chi connectivity index (χ1n) is 15.2. The first kappa shape index (κ1) is 30.7. The van der Waals surface area contributed by atoms with Crippen LogP contribution in [0.15, 0.2) is 66.5 Å². The number of aryl methyl sites for hydroxylation is 1. The van der Waals surface area contributed by atoms with Crippen molar-refractivity contribution in [3.05, 3.63) is 88.8 Å². The van der Waals surface area contributed by atoms with E-state index >= 15 is 0 Å². The van der Waals surface area contributed by atoms with E-state index in [1.165, 1.54) is 23.3 Å². The van der Waals surface area contributed by atoms with Gasteiger partial charge < -0.3 is 19.7 Å².